The van der Waals surface area contributed by atoms with Crippen LogP contribution >= 0.6 is 0 Å². The SMILES string of the molecule is N#CC(CCCCC(C#N)c1ccccc1)c1ccccc1. The molecule has 2 aromatic carbocycles. The van der Waals surface area contributed by atoms with Crippen LogP contribution < -0.4 is 0 Å². The number of hydrogen-bond donors (Lipinski definition) is 0. The summed E-state index contributed by atoms with van der Waals surface area (Å²) in [6.07, 6.45) is 3.65. The Bertz CT molecular complexity index is 575. The summed E-state index contributed by atoms with van der Waals surface area (Å²) in [6.45, 7) is 0. The first-order valence-corrected chi connectivity index (χ1v) is 7.74. The van der Waals surface area contributed by atoms with E-state index in [0.717, 1.165) is 36.8 Å². The van der Waals surface area contributed by atoms with Gasteiger partial charge in [0.25, 0.3) is 0 Å². The monoisotopic (exact) mass is 288 g/mol. The van der Waals surface area contributed by atoms with Gasteiger partial charge in [-0.15, -0.1) is 0 Å². The van der Waals surface area contributed by atoms with Crippen LogP contribution in [0.4, 0.5) is 0 Å². The van der Waals surface area contributed by atoms with Crippen LogP contribution in [0, 0.1) is 22.7 Å². The number of rotatable bonds is 7. The quantitative estimate of drug-likeness (QED) is 0.660. The second kappa shape index (κ2) is 8.65. The molecule has 0 aromatic heterocycles. The predicted molar refractivity (Wildman–Crippen MR) is 88.1 cm³/mol. The summed E-state index contributed by atoms with van der Waals surface area (Å²) in [5.74, 6) is -0.0862. The summed E-state index contributed by atoms with van der Waals surface area (Å²) >= 11 is 0. The summed E-state index contributed by atoms with van der Waals surface area (Å²) in [7, 11) is 0. The van der Waals surface area contributed by atoms with E-state index in [0.29, 0.717) is 0 Å². The summed E-state index contributed by atoms with van der Waals surface area (Å²) < 4.78 is 0. The molecule has 110 valence electrons. The third-order valence-corrected chi connectivity index (χ3v) is 3.95. The summed E-state index contributed by atoms with van der Waals surface area (Å²) in [5.41, 5.74) is 2.18. The largest absolute Gasteiger partial charge is 0.198 e. The Morgan fingerprint density at radius 3 is 1.32 bits per heavy atom. The van der Waals surface area contributed by atoms with E-state index in [1.165, 1.54) is 0 Å². The van der Waals surface area contributed by atoms with Crippen LogP contribution in [0.15, 0.2) is 60.7 Å². The molecule has 2 unspecified atom stereocenters. The molecule has 2 aromatic rings. The lowest BCUT2D eigenvalue weighted by molar-refractivity contribution is 0.594. The Morgan fingerprint density at radius 1 is 0.636 bits per heavy atom. The molecule has 0 fully saturated rings. The average Bonchev–Trinajstić information content (AvgIpc) is 2.60. The lowest BCUT2D eigenvalue weighted by atomic mass is 9.91. The van der Waals surface area contributed by atoms with E-state index in [1.54, 1.807) is 0 Å². The zero-order valence-corrected chi connectivity index (χ0v) is 12.7. The maximum absolute atomic E-state index is 9.31. The molecule has 22 heavy (non-hydrogen) atoms. The van der Waals surface area contributed by atoms with Gasteiger partial charge in [-0.25, -0.2) is 0 Å². The molecule has 0 aliphatic carbocycles. The Hall–Kier alpha value is -2.58. The van der Waals surface area contributed by atoms with E-state index in [-0.39, 0.29) is 11.8 Å². The van der Waals surface area contributed by atoms with Crippen LogP contribution in [0.5, 0.6) is 0 Å². The van der Waals surface area contributed by atoms with Gasteiger partial charge in [0.1, 0.15) is 0 Å². The minimum absolute atomic E-state index is 0.0431. The first kappa shape index (κ1) is 15.8. The molecule has 0 amide bonds. The third-order valence-electron chi connectivity index (χ3n) is 3.95. The number of hydrogen-bond acceptors (Lipinski definition) is 2. The fourth-order valence-corrected chi connectivity index (χ4v) is 2.68. The predicted octanol–water partition coefficient (Wildman–Crippen LogP) is 5.16. The van der Waals surface area contributed by atoms with Crippen molar-refractivity contribution in [3.8, 4) is 12.1 Å². The summed E-state index contributed by atoms with van der Waals surface area (Å²) in [5, 5.41) is 18.6. The molecule has 0 saturated carbocycles. The van der Waals surface area contributed by atoms with E-state index in [4.69, 9.17) is 0 Å². The van der Waals surface area contributed by atoms with Crippen molar-refractivity contribution in [1.29, 1.82) is 10.5 Å². The molecule has 0 bridgehead atoms. The molecule has 0 saturated heterocycles. The maximum atomic E-state index is 9.31. The van der Waals surface area contributed by atoms with Gasteiger partial charge in [0.05, 0.1) is 24.0 Å². The van der Waals surface area contributed by atoms with Crippen molar-refractivity contribution in [1.82, 2.24) is 0 Å². The molecule has 2 rings (SSSR count). The zero-order valence-electron chi connectivity index (χ0n) is 12.7. The van der Waals surface area contributed by atoms with Gasteiger partial charge in [-0.2, -0.15) is 10.5 Å². The number of nitriles is 2. The zero-order chi connectivity index (χ0) is 15.6. The Labute approximate surface area is 132 Å². The van der Waals surface area contributed by atoms with E-state index in [2.05, 4.69) is 12.1 Å². The molecule has 2 nitrogen and oxygen atoms in total. The molecule has 0 aliphatic heterocycles. The lowest BCUT2D eigenvalue weighted by Crippen LogP contribution is -1.98. The standard InChI is InChI=1S/C20H20N2/c21-15-19(17-9-3-1-4-10-17)13-7-8-14-20(16-22)18-11-5-2-6-12-18/h1-6,9-12,19-20H,7-8,13-14H2. The van der Waals surface area contributed by atoms with Crippen molar-refractivity contribution in [2.75, 3.05) is 0 Å². The van der Waals surface area contributed by atoms with E-state index < -0.39 is 0 Å². The van der Waals surface area contributed by atoms with Gasteiger partial charge in [0, 0.05) is 0 Å². The fourth-order valence-electron chi connectivity index (χ4n) is 2.68. The highest BCUT2D eigenvalue weighted by atomic mass is 14.3. The van der Waals surface area contributed by atoms with Gasteiger partial charge in [0.2, 0.25) is 0 Å². The summed E-state index contributed by atoms with van der Waals surface area (Å²) in [6, 6.07) is 24.6. The fraction of sp³-hybridized carbons (Fsp3) is 0.300. The maximum Gasteiger partial charge on any atom is 0.0712 e. The topological polar surface area (TPSA) is 47.6 Å². The van der Waals surface area contributed by atoms with Gasteiger partial charge in [-0.1, -0.05) is 73.5 Å². The van der Waals surface area contributed by atoms with Crippen molar-refractivity contribution in [2.24, 2.45) is 0 Å². The molecule has 2 heteroatoms. The molecular formula is C20H20N2. The van der Waals surface area contributed by atoms with Crippen LogP contribution in [-0.4, -0.2) is 0 Å². The van der Waals surface area contributed by atoms with Gasteiger partial charge < -0.3 is 0 Å². The molecule has 0 aliphatic rings. The van der Waals surface area contributed by atoms with Gasteiger partial charge >= 0.3 is 0 Å². The number of benzene rings is 2. The molecule has 0 spiro atoms. The highest BCUT2D eigenvalue weighted by Crippen LogP contribution is 2.25. The average molecular weight is 288 g/mol. The van der Waals surface area contributed by atoms with E-state index in [1.807, 2.05) is 60.7 Å². The Kier molecular flexibility index (Phi) is 6.21. The normalized spacial score (nSPS) is 12.8. The van der Waals surface area contributed by atoms with Crippen molar-refractivity contribution in [3.63, 3.8) is 0 Å². The van der Waals surface area contributed by atoms with E-state index >= 15 is 0 Å². The minimum atomic E-state index is -0.0431. The van der Waals surface area contributed by atoms with Crippen LogP contribution in [0.3, 0.4) is 0 Å². The first-order chi connectivity index (χ1) is 10.8. The molecule has 0 radical (unpaired) electrons. The minimum Gasteiger partial charge on any atom is -0.198 e. The van der Waals surface area contributed by atoms with Crippen LogP contribution in [-0.2, 0) is 0 Å². The molecular weight excluding hydrogens is 268 g/mol. The highest BCUT2D eigenvalue weighted by molar-refractivity contribution is 5.25. The smallest absolute Gasteiger partial charge is 0.0712 e. The lowest BCUT2D eigenvalue weighted by Gasteiger charge is -2.11. The second-order valence-electron chi connectivity index (χ2n) is 5.47. The van der Waals surface area contributed by atoms with Crippen molar-refractivity contribution < 1.29 is 0 Å². The molecule has 0 heterocycles. The van der Waals surface area contributed by atoms with Gasteiger partial charge in [0.15, 0.2) is 0 Å². The first-order valence-electron chi connectivity index (χ1n) is 7.74. The van der Waals surface area contributed by atoms with Crippen LogP contribution in [0.25, 0.3) is 0 Å². The van der Waals surface area contributed by atoms with Crippen molar-refractivity contribution in [2.45, 2.75) is 37.5 Å². The van der Waals surface area contributed by atoms with Crippen molar-refractivity contribution >= 4 is 0 Å². The summed E-state index contributed by atoms with van der Waals surface area (Å²) in [4.78, 5) is 0. The molecule has 2 atom stereocenters. The van der Waals surface area contributed by atoms with Gasteiger partial charge in [-0.3, -0.25) is 0 Å². The number of unbranched alkanes of at least 4 members (excludes halogenated alkanes) is 1. The van der Waals surface area contributed by atoms with E-state index in [9.17, 15) is 10.5 Å². The second-order valence-corrected chi connectivity index (χ2v) is 5.47. The van der Waals surface area contributed by atoms with Gasteiger partial charge in [-0.05, 0) is 24.0 Å². The Morgan fingerprint density at radius 2 is 1.00 bits per heavy atom. The molecule has 0 N–H and O–H groups in total. The van der Waals surface area contributed by atoms with Crippen LogP contribution in [0.2, 0.25) is 0 Å². The van der Waals surface area contributed by atoms with Crippen LogP contribution in [0.1, 0.15) is 48.6 Å². The third kappa shape index (κ3) is 4.47. The highest BCUT2D eigenvalue weighted by Gasteiger charge is 2.12. The van der Waals surface area contributed by atoms with Crippen molar-refractivity contribution in [3.05, 3.63) is 71.8 Å². The Balaban J connectivity index is 1.81. The number of nitrogens with zero attached hydrogens (tertiary/aromatic N) is 2.